The third-order valence-corrected chi connectivity index (χ3v) is 3.57. The third-order valence-electron chi connectivity index (χ3n) is 3.57. The Kier molecular flexibility index (Phi) is 3.48. The number of aryl methyl sites for hydroxylation is 1. The number of methoxy groups -OCH3 is 2. The average Bonchev–Trinajstić information content (AvgIpc) is 2.54. The minimum atomic E-state index is 0.750. The van der Waals surface area contributed by atoms with Crippen LogP contribution in [0, 0.1) is 6.92 Å². The predicted octanol–water partition coefficient (Wildman–Crippen LogP) is 4.23. The molecule has 0 aliphatic rings. The number of hydrogen-bond acceptors (Lipinski definition) is 3. The van der Waals surface area contributed by atoms with E-state index in [0.29, 0.717) is 0 Å². The molecule has 0 atom stereocenters. The fourth-order valence-corrected chi connectivity index (χ4v) is 2.39. The quantitative estimate of drug-likeness (QED) is 0.719. The van der Waals surface area contributed by atoms with Gasteiger partial charge in [-0.15, -0.1) is 0 Å². The topological polar surface area (TPSA) is 31.4 Å². The molecule has 3 aromatic rings. The zero-order valence-electron chi connectivity index (χ0n) is 12.4. The van der Waals surface area contributed by atoms with Crippen LogP contribution in [0.3, 0.4) is 0 Å². The van der Waals surface area contributed by atoms with Gasteiger partial charge in [-0.25, -0.2) is 4.98 Å². The Morgan fingerprint density at radius 1 is 0.762 bits per heavy atom. The maximum absolute atomic E-state index is 5.42. The summed E-state index contributed by atoms with van der Waals surface area (Å²) in [5.74, 6) is 1.55. The van der Waals surface area contributed by atoms with Crippen LogP contribution in [0.2, 0.25) is 0 Å². The van der Waals surface area contributed by atoms with Crippen molar-refractivity contribution in [3.05, 3.63) is 54.1 Å². The normalized spacial score (nSPS) is 10.6. The average molecular weight is 279 g/mol. The van der Waals surface area contributed by atoms with Crippen molar-refractivity contribution in [3.63, 3.8) is 0 Å². The maximum atomic E-state index is 5.42. The van der Waals surface area contributed by atoms with Gasteiger partial charge in [-0.3, -0.25) is 0 Å². The molecule has 0 fully saturated rings. The molecule has 0 aliphatic carbocycles. The van der Waals surface area contributed by atoms with Crippen molar-refractivity contribution in [3.8, 4) is 22.8 Å². The molecule has 2 aromatic carbocycles. The summed E-state index contributed by atoms with van der Waals surface area (Å²) < 4.78 is 10.8. The SMILES string of the molecule is COc1ccc(OC)c2nc(-c3ccc(C)cc3)ccc12. The van der Waals surface area contributed by atoms with Gasteiger partial charge in [0.25, 0.3) is 0 Å². The second kappa shape index (κ2) is 5.44. The molecule has 0 aliphatic heterocycles. The van der Waals surface area contributed by atoms with Crippen LogP contribution in [0.5, 0.6) is 11.5 Å². The molecule has 0 spiro atoms. The Bertz CT molecular complexity index is 779. The molecule has 0 N–H and O–H groups in total. The van der Waals surface area contributed by atoms with Gasteiger partial charge in [0, 0.05) is 10.9 Å². The molecule has 0 saturated heterocycles. The predicted molar refractivity (Wildman–Crippen MR) is 85.0 cm³/mol. The van der Waals surface area contributed by atoms with E-state index in [9.17, 15) is 0 Å². The van der Waals surface area contributed by atoms with Crippen molar-refractivity contribution in [1.82, 2.24) is 4.98 Å². The number of benzene rings is 2. The van der Waals surface area contributed by atoms with Gasteiger partial charge in [0.05, 0.1) is 19.9 Å². The van der Waals surface area contributed by atoms with E-state index >= 15 is 0 Å². The lowest BCUT2D eigenvalue weighted by molar-refractivity contribution is 0.410. The summed E-state index contributed by atoms with van der Waals surface area (Å²) in [4.78, 5) is 4.75. The van der Waals surface area contributed by atoms with Crippen molar-refractivity contribution in [2.75, 3.05) is 14.2 Å². The molecule has 0 bridgehead atoms. The molecular formula is C18H17NO2. The highest BCUT2D eigenvalue weighted by Crippen LogP contribution is 2.33. The number of fused-ring (bicyclic) bond motifs is 1. The lowest BCUT2D eigenvalue weighted by atomic mass is 10.1. The highest BCUT2D eigenvalue weighted by molar-refractivity contribution is 5.91. The largest absolute Gasteiger partial charge is 0.496 e. The Labute approximate surface area is 124 Å². The van der Waals surface area contributed by atoms with E-state index in [1.807, 2.05) is 24.3 Å². The third kappa shape index (κ3) is 2.42. The van der Waals surface area contributed by atoms with E-state index in [1.54, 1.807) is 14.2 Å². The summed E-state index contributed by atoms with van der Waals surface area (Å²) in [6.07, 6.45) is 0. The summed E-state index contributed by atoms with van der Waals surface area (Å²) in [6, 6.07) is 16.1. The molecule has 3 rings (SSSR count). The lowest BCUT2D eigenvalue weighted by Gasteiger charge is -2.10. The summed E-state index contributed by atoms with van der Waals surface area (Å²) in [7, 11) is 3.32. The Morgan fingerprint density at radius 2 is 1.43 bits per heavy atom. The number of pyridine rings is 1. The smallest absolute Gasteiger partial charge is 0.145 e. The molecule has 0 saturated carbocycles. The second-order valence-electron chi connectivity index (χ2n) is 4.93. The van der Waals surface area contributed by atoms with Crippen LogP contribution in [-0.2, 0) is 0 Å². The van der Waals surface area contributed by atoms with Crippen LogP contribution in [0.15, 0.2) is 48.5 Å². The van der Waals surface area contributed by atoms with Crippen LogP contribution in [0.4, 0.5) is 0 Å². The first-order chi connectivity index (χ1) is 10.2. The van der Waals surface area contributed by atoms with Gasteiger partial charge >= 0.3 is 0 Å². The monoisotopic (exact) mass is 279 g/mol. The zero-order valence-corrected chi connectivity index (χ0v) is 12.4. The van der Waals surface area contributed by atoms with Crippen LogP contribution in [0.25, 0.3) is 22.2 Å². The van der Waals surface area contributed by atoms with Crippen molar-refractivity contribution < 1.29 is 9.47 Å². The fourth-order valence-electron chi connectivity index (χ4n) is 2.39. The van der Waals surface area contributed by atoms with E-state index in [2.05, 4.69) is 31.2 Å². The van der Waals surface area contributed by atoms with E-state index in [1.165, 1.54) is 5.56 Å². The van der Waals surface area contributed by atoms with Crippen LogP contribution in [0.1, 0.15) is 5.56 Å². The van der Waals surface area contributed by atoms with Gasteiger partial charge in [-0.05, 0) is 31.2 Å². The molecule has 1 aromatic heterocycles. The van der Waals surface area contributed by atoms with Crippen molar-refractivity contribution >= 4 is 10.9 Å². The van der Waals surface area contributed by atoms with Crippen molar-refractivity contribution in [2.24, 2.45) is 0 Å². The Morgan fingerprint density at radius 3 is 2.10 bits per heavy atom. The number of rotatable bonds is 3. The van der Waals surface area contributed by atoms with Crippen LogP contribution in [-0.4, -0.2) is 19.2 Å². The van der Waals surface area contributed by atoms with Crippen molar-refractivity contribution in [1.29, 1.82) is 0 Å². The standard InChI is InChI=1S/C18H17NO2/c1-12-4-6-13(7-5-12)15-9-8-14-16(20-2)10-11-17(21-3)18(14)19-15/h4-11H,1-3H3. The molecule has 3 heteroatoms. The highest BCUT2D eigenvalue weighted by Gasteiger charge is 2.10. The molecular weight excluding hydrogens is 262 g/mol. The van der Waals surface area contributed by atoms with E-state index in [0.717, 1.165) is 33.7 Å². The van der Waals surface area contributed by atoms with Crippen molar-refractivity contribution in [2.45, 2.75) is 6.92 Å². The van der Waals surface area contributed by atoms with Crippen LogP contribution < -0.4 is 9.47 Å². The first kappa shape index (κ1) is 13.4. The number of nitrogens with zero attached hydrogens (tertiary/aromatic N) is 1. The van der Waals surface area contributed by atoms with E-state index in [4.69, 9.17) is 14.5 Å². The molecule has 1 heterocycles. The first-order valence-corrected chi connectivity index (χ1v) is 6.81. The molecule has 106 valence electrons. The van der Waals surface area contributed by atoms with Gasteiger partial charge < -0.3 is 9.47 Å². The van der Waals surface area contributed by atoms with Gasteiger partial charge in [0.15, 0.2) is 0 Å². The number of aromatic nitrogens is 1. The molecule has 0 unspecified atom stereocenters. The summed E-state index contributed by atoms with van der Waals surface area (Å²) >= 11 is 0. The van der Waals surface area contributed by atoms with Gasteiger partial charge in [-0.1, -0.05) is 29.8 Å². The fraction of sp³-hybridized carbons (Fsp3) is 0.167. The second-order valence-corrected chi connectivity index (χ2v) is 4.93. The van der Waals surface area contributed by atoms with E-state index in [-0.39, 0.29) is 0 Å². The molecule has 0 amide bonds. The van der Waals surface area contributed by atoms with E-state index < -0.39 is 0 Å². The summed E-state index contributed by atoms with van der Waals surface area (Å²) in [5, 5.41) is 0.952. The minimum Gasteiger partial charge on any atom is -0.496 e. The van der Waals surface area contributed by atoms with Gasteiger partial charge in [0.1, 0.15) is 17.0 Å². The molecule has 21 heavy (non-hydrogen) atoms. The maximum Gasteiger partial charge on any atom is 0.145 e. The summed E-state index contributed by atoms with van der Waals surface area (Å²) in [6.45, 7) is 2.07. The summed E-state index contributed by atoms with van der Waals surface area (Å²) in [5.41, 5.74) is 4.06. The lowest BCUT2D eigenvalue weighted by Crippen LogP contribution is -1.93. The van der Waals surface area contributed by atoms with Gasteiger partial charge in [0.2, 0.25) is 0 Å². The van der Waals surface area contributed by atoms with Crippen LogP contribution >= 0.6 is 0 Å². The number of ether oxygens (including phenoxy) is 2. The minimum absolute atomic E-state index is 0.750. The highest BCUT2D eigenvalue weighted by atomic mass is 16.5. The first-order valence-electron chi connectivity index (χ1n) is 6.81. The Balaban J connectivity index is 2.21. The van der Waals surface area contributed by atoms with Gasteiger partial charge in [-0.2, -0.15) is 0 Å². The molecule has 3 nitrogen and oxygen atoms in total. The number of hydrogen-bond donors (Lipinski definition) is 0. The Hall–Kier alpha value is -2.55. The molecule has 0 radical (unpaired) electrons. The zero-order chi connectivity index (χ0) is 14.8.